The minimum atomic E-state index is 0.395. The van der Waals surface area contributed by atoms with Crippen molar-refractivity contribution in [1.29, 1.82) is 0 Å². The molecule has 0 spiro atoms. The minimum absolute atomic E-state index is 0.395. The van der Waals surface area contributed by atoms with Crippen molar-refractivity contribution in [2.45, 2.75) is 24.9 Å². The van der Waals surface area contributed by atoms with Gasteiger partial charge in [-0.25, -0.2) is 0 Å². The summed E-state index contributed by atoms with van der Waals surface area (Å²) >= 11 is 0. The van der Waals surface area contributed by atoms with Crippen LogP contribution in [-0.2, 0) is 0 Å². The summed E-state index contributed by atoms with van der Waals surface area (Å²) in [6.07, 6.45) is 7.36. The van der Waals surface area contributed by atoms with Crippen molar-refractivity contribution >= 4 is 0 Å². The predicted molar refractivity (Wildman–Crippen MR) is 67.0 cm³/mol. The van der Waals surface area contributed by atoms with Gasteiger partial charge in [0, 0.05) is 11.6 Å². The summed E-state index contributed by atoms with van der Waals surface area (Å²) in [7, 11) is 0. The zero-order valence-electron chi connectivity index (χ0n) is 9.80. The summed E-state index contributed by atoms with van der Waals surface area (Å²) in [6, 6.07) is 9.45. The number of fused-ring (bicyclic) bond motifs is 2. The summed E-state index contributed by atoms with van der Waals surface area (Å²) < 4.78 is 5.71. The van der Waals surface area contributed by atoms with Crippen LogP contribution in [0.15, 0.2) is 36.4 Å². The van der Waals surface area contributed by atoms with Crippen LogP contribution in [-0.4, -0.2) is 12.6 Å². The third-order valence-electron chi connectivity index (χ3n) is 4.48. The van der Waals surface area contributed by atoms with Crippen LogP contribution >= 0.6 is 0 Å². The summed E-state index contributed by atoms with van der Waals surface area (Å²) in [4.78, 5) is 0. The summed E-state index contributed by atoms with van der Waals surface area (Å²) in [5.74, 6) is 2.76. The van der Waals surface area contributed by atoms with Gasteiger partial charge in [-0.1, -0.05) is 30.4 Å². The SMILES string of the molecule is C1=CC2C(C1)CC2NC1COc2ccccc21. The quantitative estimate of drug-likeness (QED) is 0.784. The average molecular weight is 227 g/mol. The minimum Gasteiger partial charge on any atom is -0.491 e. The molecule has 0 amide bonds. The number of allylic oxidation sites excluding steroid dienone is 1. The Bertz CT molecular complexity index is 468. The van der Waals surface area contributed by atoms with E-state index in [-0.39, 0.29) is 0 Å². The normalized spacial score (nSPS) is 37.2. The van der Waals surface area contributed by atoms with Gasteiger partial charge < -0.3 is 10.1 Å². The van der Waals surface area contributed by atoms with Gasteiger partial charge in [-0.3, -0.25) is 0 Å². The molecule has 0 aromatic heterocycles. The highest BCUT2D eigenvalue weighted by Gasteiger charge is 2.42. The fourth-order valence-electron chi connectivity index (χ4n) is 3.47. The molecule has 2 nitrogen and oxygen atoms in total. The highest BCUT2D eigenvalue weighted by molar-refractivity contribution is 5.39. The molecule has 1 fully saturated rings. The Morgan fingerprint density at radius 1 is 1.24 bits per heavy atom. The Hall–Kier alpha value is -1.28. The maximum Gasteiger partial charge on any atom is 0.124 e. The molecule has 3 aliphatic rings. The van der Waals surface area contributed by atoms with Crippen LogP contribution < -0.4 is 10.1 Å². The molecule has 1 N–H and O–H groups in total. The highest BCUT2D eigenvalue weighted by Crippen LogP contribution is 2.44. The van der Waals surface area contributed by atoms with E-state index in [1.807, 2.05) is 6.07 Å². The van der Waals surface area contributed by atoms with Crippen LogP contribution in [0.3, 0.4) is 0 Å². The van der Waals surface area contributed by atoms with Gasteiger partial charge >= 0.3 is 0 Å². The molecular formula is C15H17NO. The summed E-state index contributed by atoms with van der Waals surface area (Å²) in [5.41, 5.74) is 1.33. The molecule has 88 valence electrons. The van der Waals surface area contributed by atoms with E-state index in [0.29, 0.717) is 12.1 Å². The number of benzene rings is 1. The van der Waals surface area contributed by atoms with Crippen molar-refractivity contribution in [3.63, 3.8) is 0 Å². The van der Waals surface area contributed by atoms with Crippen LogP contribution in [0.25, 0.3) is 0 Å². The zero-order chi connectivity index (χ0) is 11.2. The first-order valence-electron chi connectivity index (χ1n) is 6.56. The lowest BCUT2D eigenvalue weighted by molar-refractivity contribution is 0.143. The molecule has 4 rings (SSSR count). The number of hydrogen-bond donors (Lipinski definition) is 1. The molecule has 17 heavy (non-hydrogen) atoms. The summed E-state index contributed by atoms with van der Waals surface area (Å²) in [5, 5.41) is 3.77. The van der Waals surface area contributed by atoms with Crippen LogP contribution in [0, 0.1) is 11.8 Å². The Labute approximate surface area is 102 Å². The van der Waals surface area contributed by atoms with E-state index in [0.717, 1.165) is 24.2 Å². The highest BCUT2D eigenvalue weighted by atomic mass is 16.5. The molecule has 1 aliphatic heterocycles. The van der Waals surface area contributed by atoms with Gasteiger partial charge in [0.05, 0.1) is 6.04 Å². The van der Waals surface area contributed by atoms with Crippen molar-refractivity contribution < 1.29 is 4.74 Å². The second kappa shape index (κ2) is 3.61. The second-order valence-corrected chi connectivity index (χ2v) is 5.41. The Kier molecular flexibility index (Phi) is 2.06. The maximum absolute atomic E-state index is 5.71. The van der Waals surface area contributed by atoms with Gasteiger partial charge in [-0.05, 0) is 30.7 Å². The van der Waals surface area contributed by atoms with Gasteiger partial charge in [0.15, 0.2) is 0 Å². The Balaban J connectivity index is 1.49. The lowest BCUT2D eigenvalue weighted by Crippen LogP contribution is -2.49. The lowest BCUT2D eigenvalue weighted by Gasteiger charge is -2.42. The standard InChI is InChI=1S/C15H17NO/c1-2-7-15-12(5-1)14(9-17-15)16-13-8-10-4-3-6-11(10)13/h1-3,5-7,10-11,13-14,16H,4,8-9H2. The maximum atomic E-state index is 5.71. The predicted octanol–water partition coefficient (Wildman–Crippen LogP) is 2.67. The molecule has 4 atom stereocenters. The first-order chi connectivity index (χ1) is 8.42. The third-order valence-corrected chi connectivity index (χ3v) is 4.48. The van der Waals surface area contributed by atoms with Gasteiger partial charge in [0.2, 0.25) is 0 Å². The number of hydrogen-bond acceptors (Lipinski definition) is 2. The molecule has 4 unspecified atom stereocenters. The molecule has 1 aromatic rings. The van der Waals surface area contributed by atoms with Crippen molar-refractivity contribution in [1.82, 2.24) is 5.32 Å². The summed E-state index contributed by atoms with van der Waals surface area (Å²) in [6.45, 7) is 0.789. The fraction of sp³-hybridized carbons (Fsp3) is 0.467. The first kappa shape index (κ1) is 9.72. The third kappa shape index (κ3) is 1.44. The molecule has 0 bridgehead atoms. The van der Waals surface area contributed by atoms with E-state index in [2.05, 4.69) is 35.7 Å². The zero-order valence-corrected chi connectivity index (χ0v) is 9.80. The van der Waals surface area contributed by atoms with Crippen molar-refractivity contribution in [3.05, 3.63) is 42.0 Å². The molecule has 0 radical (unpaired) electrons. The van der Waals surface area contributed by atoms with Crippen molar-refractivity contribution in [2.75, 3.05) is 6.61 Å². The molecular weight excluding hydrogens is 210 g/mol. The van der Waals surface area contributed by atoms with Gasteiger partial charge in [0.1, 0.15) is 12.4 Å². The fourth-order valence-corrected chi connectivity index (χ4v) is 3.47. The van der Waals surface area contributed by atoms with E-state index in [4.69, 9.17) is 4.74 Å². The monoisotopic (exact) mass is 227 g/mol. The van der Waals surface area contributed by atoms with Crippen molar-refractivity contribution in [3.8, 4) is 5.75 Å². The van der Waals surface area contributed by atoms with Crippen LogP contribution in [0.2, 0.25) is 0 Å². The van der Waals surface area contributed by atoms with Gasteiger partial charge in [-0.15, -0.1) is 0 Å². The first-order valence-corrected chi connectivity index (χ1v) is 6.56. The Morgan fingerprint density at radius 3 is 3.12 bits per heavy atom. The topological polar surface area (TPSA) is 21.3 Å². The average Bonchev–Trinajstić information content (AvgIpc) is 2.90. The lowest BCUT2D eigenvalue weighted by atomic mass is 9.71. The molecule has 1 aromatic carbocycles. The Morgan fingerprint density at radius 2 is 2.18 bits per heavy atom. The van der Waals surface area contributed by atoms with Gasteiger partial charge in [-0.2, -0.15) is 0 Å². The van der Waals surface area contributed by atoms with Gasteiger partial charge in [0.25, 0.3) is 0 Å². The second-order valence-electron chi connectivity index (χ2n) is 5.41. The van der Waals surface area contributed by atoms with Crippen LogP contribution in [0.1, 0.15) is 24.4 Å². The molecule has 0 saturated heterocycles. The van der Waals surface area contributed by atoms with E-state index < -0.39 is 0 Å². The number of ether oxygens (including phenoxy) is 1. The van der Waals surface area contributed by atoms with Crippen LogP contribution in [0.4, 0.5) is 0 Å². The van der Waals surface area contributed by atoms with Crippen LogP contribution in [0.5, 0.6) is 5.75 Å². The van der Waals surface area contributed by atoms with E-state index >= 15 is 0 Å². The molecule has 2 aliphatic carbocycles. The smallest absolute Gasteiger partial charge is 0.124 e. The molecule has 2 heteroatoms. The molecule has 1 saturated carbocycles. The number of rotatable bonds is 2. The molecule has 1 heterocycles. The van der Waals surface area contributed by atoms with E-state index in [9.17, 15) is 0 Å². The van der Waals surface area contributed by atoms with Crippen molar-refractivity contribution in [2.24, 2.45) is 11.8 Å². The van der Waals surface area contributed by atoms with E-state index in [1.54, 1.807) is 0 Å². The number of nitrogens with one attached hydrogen (secondary N) is 1. The van der Waals surface area contributed by atoms with E-state index in [1.165, 1.54) is 18.4 Å². The largest absolute Gasteiger partial charge is 0.491 e. The number of para-hydroxylation sites is 1.